The minimum atomic E-state index is -1.38. The molecule has 224 valence electrons. The number of amides is 3. The van der Waals surface area contributed by atoms with Crippen LogP contribution in [0.5, 0.6) is 0 Å². The molecule has 0 spiro atoms. The quantitative estimate of drug-likeness (QED) is 0.275. The van der Waals surface area contributed by atoms with E-state index in [1.807, 2.05) is 50.2 Å². The molecule has 41 heavy (non-hydrogen) atoms. The zero-order valence-electron chi connectivity index (χ0n) is 25.4. The van der Waals surface area contributed by atoms with Crippen molar-refractivity contribution in [3.63, 3.8) is 0 Å². The molecule has 2 rings (SSSR count). The summed E-state index contributed by atoms with van der Waals surface area (Å²) in [6, 6.07) is 15.8. The van der Waals surface area contributed by atoms with Crippen LogP contribution in [0.3, 0.4) is 0 Å². The van der Waals surface area contributed by atoms with E-state index in [4.69, 9.17) is 14.2 Å². The molecule has 2 atom stereocenters. The summed E-state index contributed by atoms with van der Waals surface area (Å²) in [6.07, 6.45) is -1.81. The van der Waals surface area contributed by atoms with Crippen molar-refractivity contribution in [2.45, 2.75) is 98.1 Å². The molecule has 2 aromatic rings. The predicted octanol–water partition coefficient (Wildman–Crippen LogP) is 6.04. The Morgan fingerprint density at radius 2 is 1.22 bits per heavy atom. The lowest BCUT2D eigenvalue weighted by atomic mass is 10.0. The molecule has 0 unspecified atom stereocenters. The number of esters is 1. The third kappa shape index (κ3) is 12.0. The third-order valence-corrected chi connectivity index (χ3v) is 5.60. The fourth-order valence-corrected chi connectivity index (χ4v) is 3.87. The van der Waals surface area contributed by atoms with Gasteiger partial charge in [-0.15, -0.1) is 0 Å². The molecule has 0 aliphatic heterocycles. The summed E-state index contributed by atoms with van der Waals surface area (Å²) in [7, 11) is 0. The van der Waals surface area contributed by atoms with Crippen molar-refractivity contribution in [1.82, 2.24) is 10.2 Å². The molecule has 2 aromatic carbocycles. The number of imide groups is 1. The van der Waals surface area contributed by atoms with Gasteiger partial charge in [-0.1, -0.05) is 74.5 Å². The SMILES string of the molecule is CC(C)C[C@H](NC(=O)[C@H](Cc1ccccc1)N(C(=O)OC(C)(C)C)C(=O)OC(C)(C)C)C(=O)OCc1ccccc1. The predicted molar refractivity (Wildman–Crippen MR) is 156 cm³/mol. The Hall–Kier alpha value is -3.88. The Kier molecular flexibility index (Phi) is 11.9. The summed E-state index contributed by atoms with van der Waals surface area (Å²) in [5.74, 6) is -1.30. The molecule has 1 N–H and O–H groups in total. The van der Waals surface area contributed by atoms with E-state index < -0.39 is 47.3 Å². The molecule has 0 aliphatic rings. The average molecular weight is 569 g/mol. The van der Waals surface area contributed by atoms with E-state index in [0.29, 0.717) is 10.5 Å². The zero-order chi connectivity index (χ0) is 30.8. The second-order valence-corrected chi connectivity index (χ2v) is 12.3. The van der Waals surface area contributed by atoms with Gasteiger partial charge in [-0.3, -0.25) is 4.79 Å². The van der Waals surface area contributed by atoms with E-state index in [2.05, 4.69) is 5.32 Å². The minimum Gasteiger partial charge on any atom is -0.459 e. The first-order chi connectivity index (χ1) is 19.1. The Bertz CT molecular complexity index is 1120. The summed E-state index contributed by atoms with van der Waals surface area (Å²) >= 11 is 0. The Balaban J connectivity index is 2.44. The molecule has 0 heterocycles. The van der Waals surface area contributed by atoms with Gasteiger partial charge in [-0.05, 0) is 65.0 Å². The maximum atomic E-state index is 13.9. The fourth-order valence-electron chi connectivity index (χ4n) is 3.87. The highest BCUT2D eigenvalue weighted by Gasteiger charge is 2.41. The second kappa shape index (κ2) is 14.7. The van der Waals surface area contributed by atoms with Crippen molar-refractivity contribution in [1.29, 1.82) is 0 Å². The fraction of sp³-hybridized carbons (Fsp3) is 0.500. The smallest absolute Gasteiger partial charge is 0.420 e. The van der Waals surface area contributed by atoms with Crippen LogP contribution in [0, 0.1) is 5.92 Å². The van der Waals surface area contributed by atoms with E-state index in [0.717, 1.165) is 5.56 Å². The molecule has 0 saturated carbocycles. The summed E-state index contributed by atoms with van der Waals surface area (Å²) in [6.45, 7) is 13.8. The van der Waals surface area contributed by atoms with Gasteiger partial charge in [0.15, 0.2) is 0 Å². The number of benzene rings is 2. The maximum absolute atomic E-state index is 13.9. The average Bonchev–Trinajstić information content (AvgIpc) is 2.85. The Labute approximate surface area is 243 Å². The maximum Gasteiger partial charge on any atom is 0.420 e. The first-order valence-electron chi connectivity index (χ1n) is 13.9. The van der Waals surface area contributed by atoms with E-state index in [1.165, 1.54) is 0 Å². The highest BCUT2D eigenvalue weighted by Crippen LogP contribution is 2.20. The van der Waals surface area contributed by atoms with Crippen LogP contribution in [0.15, 0.2) is 60.7 Å². The molecule has 0 aliphatic carbocycles. The molecule has 0 aromatic heterocycles. The highest BCUT2D eigenvalue weighted by molar-refractivity contribution is 5.97. The summed E-state index contributed by atoms with van der Waals surface area (Å²) in [5.41, 5.74) is -0.408. The number of carbonyl (C=O) groups is 4. The lowest BCUT2D eigenvalue weighted by Crippen LogP contribution is -2.57. The van der Waals surface area contributed by atoms with Crippen LogP contribution < -0.4 is 5.32 Å². The van der Waals surface area contributed by atoms with Crippen molar-refractivity contribution < 1.29 is 33.4 Å². The number of hydrogen-bond donors (Lipinski definition) is 1. The Morgan fingerprint density at radius 3 is 1.66 bits per heavy atom. The van der Waals surface area contributed by atoms with Crippen molar-refractivity contribution in [2.75, 3.05) is 0 Å². The standard InChI is InChI=1S/C32H44N2O7/c1-22(2)19-25(28(36)39-21-24-17-13-10-14-18-24)33-27(35)26(20-23-15-11-9-12-16-23)34(29(37)40-31(3,4)5)30(38)41-32(6,7)8/h9-18,22,25-26H,19-21H2,1-8H3,(H,33,35)/t25-,26-/m0/s1. The number of carbonyl (C=O) groups excluding carboxylic acids is 4. The van der Waals surface area contributed by atoms with Gasteiger partial charge >= 0.3 is 18.2 Å². The minimum absolute atomic E-state index is 0.0291. The van der Waals surface area contributed by atoms with Crippen LogP contribution in [0.1, 0.15) is 72.9 Å². The van der Waals surface area contributed by atoms with Crippen LogP contribution in [0.2, 0.25) is 0 Å². The summed E-state index contributed by atoms with van der Waals surface area (Å²) in [4.78, 5) is 54.6. The van der Waals surface area contributed by atoms with Crippen molar-refractivity contribution in [3.8, 4) is 0 Å². The summed E-state index contributed by atoms with van der Waals surface area (Å²) in [5, 5.41) is 2.75. The van der Waals surface area contributed by atoms with Gasteiger partial charge in [0.2, 0.25) is 5.91 Å². The van der Waals surface area contributed by atoms with Gasteiger partial charge in [0.05, 0.1) is 0 Å². The van der Waals surface area contributed by atoms with Gasteiger partial charge < -0.3 is 19.5 Å². The van der Waals surface area contributed by atoms with Crippen LogP contribution in [-0.2, 0) is 36.8 Å². The number of hydrogen-bond acceptors (Lipinski definition) is 7. The Morgan fingerprint density at radius 1 is 0.756 bits per heavy atom. The van der Waals surface area contributed by atoms with Gasteiger partial charge in [0, 0.05) is 6.42 Å². The topological polar surface area (TPSA) is 111 Å². The van der Waals surface area contributed by atoms with Crippen LogP contribution >= 0.6 is 0 Å². The number of nitrogens with zero attached hydrogens (tertiary/aromatic N) is 1. The first-order valence-corrected chi connectivity index (χ1v) is 13.9. The van der Waals surface area contributed by atoms with Crippen molar-refractivity contribution in [2.24, 2.45) is 5.92 Å². The van der Waals surface area contributed by atoms with Gasteiger partial charge in [-0.25, -0.2) is 14.4 Å². The number of ether oxygens (including phenoxy) is 3. The lowest BCUT2D eigenvalue weighted by molar-refractivity contribution is -0.150. The van der Waals surface area contributed by atoms with Crippen LogP contribution in [0.4, 0.5) is 9.59 Å². The van der Waals surface area contributed by atoms with Crippen molar-refractivity contribution in [3.05, 3.63) is 71.8 Å². The monoisotopic (exact) mass is 568 g/mol. The lowest BCUT2D eigenvalue weighted by Gasteiger charge is -2.33. The van der Waals surface area contributed by atoms with Gasteiger partial charge in [0.1, 0.15) is 29.9 Å². The molecule has 0 fully saturated rings. The molecule has 0 saturated heterocycles. The highest BCUT2D eigenvalue weighted by atomic mass is 16.6. The largest absolute Gasteiger partial charge is 0.459 e. The molecule has 0 bridgehead atoms. The second-order valence-electron chi connectivity index (χ2n) is 12.3. The normalized spacial score (nSPS) is 13.1. The van der Waals surface area contributed by atoms with E-state index in [9.17, 15) is 19.2 Å². The van der Waals surface area contributed by atoms with E-state index in [1.54, 1.807) is 65.8 Å². The first kappa shape index (κ1) is 33.3. The van der Waals surface area contributed by atoms with Crippen molar-refractivity contribution >= 4 is 24.1 Å². The molecule has 9 nitrogen and oxygen atoms in total. The van der Waals surface area contributed by atoms with Gasteiger partial charge in [-0.2, -0.15) is 4.90 Å². The molecule has 9 heteroatoms. The zero-order valence-corrected chi connectivity index (χ0v) is 25.4. The summed E-state index contributed by atoms with van der Waals surface area (Å²) < 4.78 is 16.6. The molecule has 0 radical (unpaired) electrons. The van der Waals surface area contributed by atoms with E-state index >= 15 is 0 Å². The van der Waals surface area contributed by atoms with Crippen LogP contribution in [-0.4, -0.2) is 52.2 Å². The van der Waals surface area contributed by atoms with Crippen LogP contribution in [0.25, 0.3) is 0 Å². The number of rotatable bonds is 10. The van der Waals surface area contributed by atoms with Gasteiger partial charge in [0.25, 0.3) is 0 Å². The third-order valence-electron chi connectivity index (χ3n) is 5.60. The number of nitrogens with one attached hydrogen (secondary N) is 1. The molecule has 3 amide bonds. The molecular weight excluding hydrogens is 524 g/mol. The molecular formula is C32H44N2O7. The van der Waals surface area contributed by atoms with E-state index in [-0.39, 0.29) is 25.4 Å².